The summed E-state index contributed by atoms with van der Waals surface area (Å²) < 4.78 is 5.92. The van der Waals surface area contributed by atoms with Crippen molar-refractivity contribution in [2.75, 3.05) is 44.7 Å². The minimum atomic E-state index is 0.526. The van der Waals surface area contributed by atoms with E-state index in [1.807, 2.05) is 12.4 Å². The first-order valence-electron chi connectivity index (χ1n) is 9.26. The Kier molecular flexibility index (Phi) is 5.89. The summed E-state index contributed by atoms with van der Waals surface area (Å²) in [7, 11) is 2.09. The third kappa shape index (κ3) is 4.36. The number of anilines is 1. The molecule has 1 unspecified atom stereocenters. The van der Waals surface area contributed by atoms with Crippen molar-refractivity contribution in [1.29, 1.82) is 0 Å². The Morgan fingerprint density at radius 2 is 1.96 bits per heavy atom. The summed E-state index contributed by atoms with van der Waals surface area (Å²) in [5, 5.41) is 3.39. The van der Waals surface area contributed by atoms with E-state index in [-0.39, 0.29) is 0 Å². The molecule has 2 aliphatic rings. The van der Waals surface area contributed by atoms with Gasteiger partial charge >= 0.3 is 0 Å². The molecule has 3 rings (SSSR count). The van der Waals surface area contributed by atoms with Crippen LogP contribution in [0.3, 0.4) is 0 Å². The lowest BCUT2D eigenvalue weighted by Crippen LogP contribution is -2.41. The predicted molar refractivity (Wildman–Crippen MR) is 96.6 cm³/mol. The number of nitrogens with one attached hydrogen (secondary N) is 1. The second-order valence-electron chi connectivity index (χ2n) is 7.37. The van der Waals surface area contributed by atoms with Crippen molar-refractivity contribution >= 4 is 5.95 Å². The van der Waals surface area contributed by atoms with E-state index in [0.717, 1.165) is 50.8 Å². The third-order valence-corrected chi connectivity index (χ3v) is 5.32. The van der Waals surface area contributed by atoms with Crippen molar-refractivity contribution in [3.05, 3.63) is 12.4 Å². The molecular formula is C18H31N5O. The fourth-order valence-corrected chi connectivity index (χ4v) is 3.61. The Labute approximate surface area is 145 Å². The summed E-state index contributed by atoms with van der Waals surface area (Å²) in [5.41, 5.74) is 0. The number of likely N-dealkylation sites (tertiary alicyclic amines) is 1. The van der Waals surface area contributed by atoms with Gasteiger partial charge in [0.15, 0.2) is 5.75 Å². The lowest BCUT2D eigenvalue weighted by atomic mass is 10.1. The molecule has 2 saturated heterocycles. The molecule has 3 heterocycles. The molecule has 1 aromatic rings. The fourth-order valence-electron chi connectivity index (χ4n) is 3.61. The zero-order valence-electron chi connectivity index (χ0n) is 15.2. The Hall–Kier alpha value is -1.40. The van der Waals surface area contributed by atoms with Crippen LogP contribution in [0, 0.1) is 5.92 Å². The van der Waals surface area contributed by atoms with Gasteiger partial charge in [-0.3, -0.25) is 0 Å². The van der Waals surface area contributed by atoms with Gasteiger partial charge in [-0.05, 0) is 52.7 Å². The summed E-state index contributed by atoms with van der Waals surface area (Å²) in [4.78, 5) is 13.7. The lowest BCUT2D eigenvalue weighted by Gasteiger charge is -2.31. The molecule has 1 N–H and O–H groups in total. The summed E-state index contributed by atoms with van der Waals surface area (Å²) in [6.07, 6.45) is 7.14. The number of rotatable bonds is 6. The van der Waals surface area contributed by atoms with Gasteiger partial charge in [0.1, 0.15) is 0 Å². The Bertz CT molecular complexity index is 501. The van der Waals surface area contributed by atoms with Crippen LogP contribution in [0.5, 0.6) is 5.75 Å². The molecule has 6 heteroatoms. The first kappa shape index (κ1) is 17.4. The van der Waals surface area contributed by atoms with Crippen LogP contribution in [0.2, 0.25) is 0 Å². The average Bonchev–Trinajstić information content (AvgIpc) is 3.10. The van der Waals surface area contributed by atoms with Crippen LogP contribution in [0.4, 0.5) is 5.95 Å². The molecule has 1 aromatic heterocycles. The zero-order valence-corrected chi connectivity index (χ0v) is 15.2. The van der Waals surface area contributed by atoms with Crippen LogP contribution < -0.4 is 15.0 Å². The van der Waals surface area contributed by atoms with Crippen molar-refractivity contribution in [2.45, 2.75) is 45.2 Å². The molecular weight excluding hydrogens is 302 g/mol. The minimum absolute atomic E-state index is 0.526. The van der Waals surface area contributed by atoms with Crippen LogP contribution in [0.25, 0.3) is 0 Å². The van der Waals surface area contributed by atoms with Gasteiger partial charge in [-0.1, -0.05) is 0 Å². The highest BCUT2D eigenvalue weighted by Gasteiger charge is 2.25. The van der Waals surface area contributed by atoms with Crippen LogP contribution in [-0.4, -0.2) is 66.8 Å². The van der Waals surface area contributed by atoms with Gasteiger partial charge in [0.25, 0.3) is 0 Å². The second-order valence-corrected chi connectivity index (χ2v) is 7.37. The molecule has 0 spiro atoms. The van der Waals surface area contributed by atoms with Gasteiger partial charge in [-0.25, -0.2) is 9.97 Å². The molecule has 0 radical (unpaired) electrons. The monoisotopic (exact) mass is 333 g/mol. The van der Waals surface area contributed by atoms with E-state index in [2.05, 4.69) is 46.0 Å². The molecule has 0 saturated carbocycles. The maximum absolute atomic E-state index is 5.92. The number of ether oxygens (including phenoxy) is 1. The first-order valence-corrected chi connectivity index (χ1v) is 9.26. The van der Waals surface area contributed by atoms with Gasteiger partial charge in [0.05, 0.1) is 19.0 Å². The third-order valence-electron chi connectivity index (χ3n) is 5.32. The number of piperidine rings is 1. The number of hydrogen-bond acceptors (Lipinski definition) is 6. The summed E-state index contributed by atoms with van der Waals surface area (Å²) in [5.74, 6) is 2.19. The molecule has 134 valence electrons. The molecule has 6 nitrogen and oxygen atoms in total. The largest absolute Gasteiger partial charge is 0.490 e. The van der Waals surface area contributed by atoms with E-state index in [0.29, 0.717) is 18.0 Å². The summed E-state index contributed by atoms with van der Waals surface area (Å²) in [6.45, 7) is 9.74. The molecule has 2 aliphatic heterocycles. The molecule has 1 atom stereocenters. The molecule has 0 aliphatic carbocycles. The van der Waals surface area contributed by atoms with Gasteiger partial charge in [0.2, 0.25) is 5.95 Å². The smallest absolute Gasteiger partial charge is 0.225 e. The number of nitrogens with zero attached hydrogens (tertiary/aromatic N) is 4. The summed E-state index contributed by atoms with van der Waals surface area (Å²) in [6, 6.07) is 1.15. The Balaban J connectivity index is 1.48. The van der Waals surface area contributed by atoms with Crippen LogP contribution in [-0.2, 0) is 0 Å². The van der Waals surface area contributed by atoms with Crippen LogP contribution in [0.15, 0.2) is 12.4 Å². The van der Waals surface area contributed by atoms with Crippen molar-refractivity contribution in [3.8, 4) is 5.75 Å². The molecule has 24 heavy (non-hydrogen) atoms. The van der Waals surface area contributed by atoms with E-state index in [1.165, 1.54) is 13.0 Å². The highest BCUT2D eigenvalue weighted by molar-refractivity contribution is 5.32. The van der Waals surface area contributed by atoms with E-state index >= 15 is 0 Å². The predicted octanol–water partition coefficient (Wildman–Crippen LogP) is 1.77. The molecule has 0 amide bonds. The maximum Gasteiger partial charge on any atom is 0.225 e. The normalized spacial score (nSPS) is 22.9. The van der Waals surface area contributed by atoms with Gasteiger partial charge < -0.3 is 19.9 Å². The lowest BCUT2D eigenvalue weighted by molar-refractivity contribution is 0.222. The van der Waals surface area contributed by atoms with Gasteiger partial charge in [0, 0.05) is 31.6 Å². The first-order chi connectivity index (χ1) is 11.6. The average molecular weight is 333 g/mol. The van der Waals surface area contributed by atoms with E-state index in [4.69, 9.17) is 4.74 Å². The SMILES string of the molecule is CC(C)N1CCC(COc2cnc(N(C)C3CCNCC3)nc2)C1. The van der Waals surface area contributed by atoms with Crippen LogP contribution in [0.1, 0.15) is 33.1 Å². The van der Waals surface area contributed by atoms with Crippen molar-refractivity contribution in [2.24, 2.45) is 5.92 Å². The minimum Gasteiger partial charge on any atom is -0.490 e. The van der Waals surface area contributed by atoms with Crippen LogP contribution >= 0.6 is 0 Å². The Morgan fingerprint density at radius 3 is 2.58 bits per heavy atom. The number of hydrogen-bond donors (Lipinski definition) is 1. The van der Waals surface area contributed by atoms with Crippen molar-refractivity contribution < 1.29 is 4.74 Å². The highest BCUT2D eigenvalue weighted by Crippen LogP contribution is 2.21. The maximum atomic E-state index is 5.92. The summed E-state index contributed by atoms with van der Waals surface area (Å²) >= 11 is 0. The molecule has 2 fully saturated rings. The van der Waals surface area contributed by atoms with E-state index in [1.54, 1.807) is 0 Å². The fraction of sp³-hybridized carbons (Fsp3) is 0.778. The molecule has 0 aromatic carbocycles. The Morgan fingerprint density at radius 1 is 1.25 bits per heavy atom. The standard InChI is InChI=1S/C18H31N5O/c1-14(2)23-9-6-15(12-23)13-24-17-10-20-18(21-11-17)22(3)16-4-7-19-8-5-16/h10-11,14-16,19H,4-9,12-13H2,1-3H3. The number of aromatic nitrogens is 2. The van der Waals surface area contributed by atoms with Crippen molar-refractivity contribution in [3.63, 3.8) is 0 Å². The van der Waals surface area contributed by atoms with Gasteiger partial charge in [-0.15, -0.1) is 0 Å². The topological polar surface area (TPSA) is 53.5 Å². The second kappa shape index (κ2) is 8.12. The highest BCUT2D eigenvalue weighted by atomic mass is 16.5. The van der Waals surface area contributed by atoms with Gasteiger partial charge in [-0.2, -0.15) is 0 Å². The quantitative estimate of drug-likeness (QED) is 0.856. The molecule has 0 bridgehead atoms. The van der Waals surface area contributed by atoms with Crippen molar-refractivity contribution in [1.82, 2.24) is 20.2 Å². The van der Waals surface area contributed by atoms with E-state index < -0.39 is 0 Å². The zero-order chi connectivity index (χ0) is 16.9. The van der Waals surface area contributed by atoms with E-state index in [9.17, 15) is 0 Å².